The Kier molecular flexibility index (Phi) is 8.60. The molecule has 207 valence electrons. The molecule has 15 heteroatoms. The van der Waals surface area contributed by atoms with Crippen molar-refractivity contribution in [1.82, 2.24) is 0 Å². The second-order valence-corrected chi connectivity index (χ2v) is 10.0. The van der Waals surface area contributed by atoms with Gasteiger partial charge in [0.05, 0.1) is 13.7 Å². The molecule has 3 aromatic rings. The Bertz CT molecular complexity index is 1490. The molecular weight excluding hydrogens is 562 g/mol. The molecule has 0 fully saturated rings. The largest absolute Gasteiger partial charge is 0.508 e. The van der Waals surface area contributed by atoms with Crippen molar-refractivity contribution in [3.63, 3.8) is 0 Å². The van der Waals surface area contributed by atoms with Gasteiger partial charge >= 0.3 is 7.82 Å². The van der Waals surface area contributed by atoms with Crippen molar-refractivity contribution in [2.24, 2.45) is 0 Å². The number of phosphoric acid groups is 1. The third kappa shape index (κ3) is 5.87. The number of phenols is 3. The zero-order chi connectivity index (χ0) is 28.1. The maximum Gasteiger partial charge on any atom is 0.469 e. The first-order valence-corrected chi connectivity index (χ1v) is 13.0. The van der Waals surface area contributed by atoms with Crippen LogP contribution in [0.15, 0.2) is 48.5 Å². The smallest absolute Gasteiger partial charge is 0.469 e. The number of Topliss-reactive ketones (excluding diaryl/α,β-unsaturated/α-hetero) is 1. The zero-order valence-corrected chi connectivity index (χ0v) is 24.0. The molecule has 1 radical (unpaired) electrons. The second-order valence-electron chi connectivity index (χ2n) is 8.80. The molecule has 13 nitrogen and oxygen atoms in total. The van der Waals surface area contributed by atoms with Crippen LogP contribution in [0.25, 0.3) is 0 Å². The molecule has 0 bridgehead atoms. The normalized spacial score (nSPS) is 21.6. The van der Waals surface area contributed by atoms with E-state index < -0.39 is 50.4 Å². The van der Waals surface area contributed by atoms with Crippen molar-refractivity contribution in [2.45, 2.75) is 24.4 Å². The van der Waals surface area contributed by atoms with Crippen molar-refractivity contribution < 1.29 is 63.0 Å². The number of phenolic OH excluding ortho intramolecular Hbond substituents is 3. The molecular formula is C25H23NaO13P. The van der Waals surface area contributed by atoms with Crippen LogP contribution in [-0.2, 0) is 9.09 Å². The fourth-order valence-corrected chi connectivity index (χ4v) is 4.78. The first-order valence-electron chi connectivity index (χ1n) is 11.4. The molecule has 2 aliphatic rings. The number of methoxy groups -OCH3 is 1. The van der Waals surface area contributed by atoms with Gasteiger partial charge in [-0.15, -0.1) is 0 Å². The van der Waals surface area contributed by atoms with Crippen molar-refractivity contribution >= 4 is 43.2 Å². The standard InChI is InChI=1S/C25H23O13P.Na/c1-34-17-6-11(2-4-14(17)27)24-20(10-35-39(31,32)33)36-16-5-3-12(7-18(16)37-24)25-23(30)22(29)21-15(28)8-13(26)9-19(21)38-25;/h2-9,20,23-28,30H,10H2,1H3,(H2,31,32,33);/t20-,23+,24-,25-;/m1./s1. The summed E-state index contributed by atoms with van der Waals surface area (Å²) in [4.78, 5) is 31.2. The van der Waals surface area contributed by atoms with Crippen LogP contribution in [0.5, 0.6) is 40.2 Å². The number of hydrogen-bond acceptors (Lipinski definition) is 11. The number of carbonyl (C=O) groups excluding carboxylic acids is 1. The van der Waals surface area contributed by atoms with Crippen LogP contribution in [0, 0.1) is 0 Å². The minimum Gasteiger partial charge on any atom is -0.508 e. The second kappa shape index (κ2) is 11.5. The number of carbonyl (C=O) groups is 1. The summed E-state index contributed by atoms with van der Waals surface area (Å²) < 4.78 is 39.0. The monoisotopic (exact) mass is 585 g/mol. The molecule has 4 atom stereocenters. The average molecular weight is 585 g/mol. The summed E-state index contributed by atoms with van der Waals surface area (Å²) in [5.74, 6) is -1.51. The van der Waals surface area contributed by atoms with Crippen LogP contribution >= 0.6 is 7.82 Å². The van der Waals surface area contributed by atoms with Crippen molar-refractivity contribution in [2.75, 3.05) is 13.7 Å². The van der Waals surface area contributed by atoms with Gasteiger partial charge in [-0.25, -0.2) is 4.57 Å². The minimum absolute atomic E-state index is 0. The number of hydrogen-bond donors (Lipinski definition) is 6. The summed E-state index contributed by atoms with van der Waals surface area (Å²) in [7, 11) is -3.49. The topological polar surface area (TPSA) is 202 Å². The summed E-state index contributed by atoms with van der Waals surface area (Å²) in [6.45, 7) is -0.554. The predicted molar refractivity (Wildman–Crippen MR) is 136 cm³/mol. The average Bonchev–Trinajstić information content (AvgIpc) is 2.88. The van der Waals surface area contributed by atoms with Crippen molar-refractivity contribution in [3.05, 3.63) is 65.2 Å². The van der Waals surface area contributed by atoms with Gasteiger partial charge in [-0.3, -0.25) is 9.32 Å². The molecule has 0 aromatic heterocycles. The van der Waals surface area contributed by atoms with Gasteiger partial charge in [-0.1, -0.05) is 12.1 Å². The first-order chi connectivity index (χ1) is 18.4. The van der Waals surface area contributed by atoms with Gasteiger partial charge in [0.2, 0.25) is 5.78 Å². The Morgan fingerprint density at radius 2 is 1.52 bits per heavy atom. The van der Waals surface area contributed by atoms with Crippen LogP contribution in [0.4, 0.5) is 0 Å². The van der Waals surface area contributed by atoms with E-state index in [0.29, 0.717) is 11.1 Å². The molecule has 2 heterocycles. The predicted octanol–water partition coefficient (Wildman–Crippen LogP) is 2.10. The van der Waals surface area contributed by atoms with Gasteiger partial charge in [0.15, 0.2) is 47.4 Å². The van der Waals surface area contributed by atoms with Crippen LogP contribution < -0.4 is 18.9 Å². The molecule has 0 amide bonds. The molecule has 2 aliphatic heterocycles. The van der Waals surface area contributed by atoms with E-state index in [1.807, 2.05) is 0 Å². The Morgan fingerprint density at radius 3 is 2.23 bits per heavy atom. The van der Waals surface area contributed by atoms with Crippen LogP contribution in [0.3, 0.4) is 0 Å². The quantitative estimate of drug-likeness (QED) is 0.182. The van der Waals surface area contributed by atoms with Gasteiger partial charge in [0.25, 0.3) is 0 Å². The summed E-state index contributed by atoms with van der Waals surface area (Å²) in [5, 5.41) is 40.5. The molecule has 5 rings (SSSR count). The summed E-state index contributed by atoms with van der Waals surface area (Å²) in [6, 6.07) is 10.8. The van der Waals surface area contributed by atoms with E-state index in [1.165, 1.54) is 43.5 Å². The van der Waals surface area contributed by atoms with E-state index in [2.05, 4.69) is 4.52 Å². The van der Waals surface area contributed by atoms with Gasteiger partial charge in [-0.05, 0) is 29.8 Å². The van der Waals surface area contributed by atoms with Crippen LogP contribution in [0.2, 0.25) is 0 Å². The van der Waals surface area contributed by atoms with Crippen LogP contribution in [0.1, 0.15) is 33.7 Å². The van der Waals surface area contributed by atoms with Gasteiger partial charge in [-0.2, -0.15) is 0 Å². The van der Waals surface area contributed by atoms with E-state index in [-0.39, 0.29) is 69.6 Å². The number of phosphoric ester groups is 1. The number of aliphatic hydroxyl groups excluding tert-OH is 1. The molecule has 3 aromatic carbocycles. The maximum atomic E-state index is 12.8. The van der Waals surface area contributed by atoms with Crippen LogP contribution in [-0.4, -0.2) is 91.5 Å². The number of aliphatic hydroxyl groups is 1. The number of aromatic hydroxyl groups is 3. The molecule has 0 unspecified atom stereocenters. The number of benzene rings is 3. The van der Waals surface area contributed by atoms with E-state index >= 15 is 0 Å². The van der Waals surface area contributed by atoms with Gasteiger partial charge in [0, 0.05) is 47.3 Å². The third-order valence-corrected chi connectivity index (χ3v) is 6.71. The minimum atomic E-state index is -4.84. The van der Waals surface area contributed by atoms with E-state index in [4.69, 9.17) is 18.9 Å². The molecule has 6 N–H and O–H groups in total. The molecule has 0 aliphatic carbocycles. The Morgan fingerprint density at radius 1 is 0.850 bits per heavy atom. The molecule has 0 saturated carbocycles. The van der Waals surface area contributed by atoms with E-state index in [1.54, 1.807) is 0 Å². The fourth-order valence-electron chi connectivity index (χ4n) is 4.44. The first kappa shape index (κ1) is 30.0. The maximum absolute atomic E-state index is 12.8. The summed E-state index contributed by atoms with van der Waals surface area (Å²) in [5.41, 5.74) is 0.450. The Balaban J connectivity index is 0.00000370. The fraction of sp³-hybridized carbons (Fsp3) is 0.240. The Labute approximate surface area is 249 Å². The van der Waals surface area contributed by atoms with Gasteiger partial charge in [0.1, 0.15) is 22.8 Å². The van der Waals surface area contributed by atoms with E-state index in [0.717, 1.165) is 12.1 Å². The summed E-state index contributed by atoms with van der Waals surface area (Å²) in [6.07, 6.45) is -4.97. The third-order valence-electron chi connectivity index (χ3n) is 6.23. The number of ether oxygens (including phenoxy) is 4. The number of ketones is 1. The molecule has 0 saturated heterocycles. The van der Waals surface area contributed by atoms with Crippen molar-refractivity contribution in [3.8, 4) is 40.2 Å². The Hall–Kier alpha value is -3.00. The number of rotatable bonds is 6. The molecule has 40 heavy (non-hydrogen) atoms. The number of fused-ring (bicyclic) bond motifs is 2. The SMILES string of the molecule is COc1cc([C@H]2Oc3cc([C@H]4Oc5cc(O)cc(O)c5C(=O)[C@@H]4O)ccc3O[C@@H]2COP(=O)(O)O)ccc1O.[Na]. The van der Waals surface area contributed by atoms with Crippen molar-refractivity contribution in [1.29, 1.82) is 0 Å². The summed E-state index contributed by atoms with van der Waals surface area (Å²) >= 11 is 0. The van der Waals surface area contributed by atoms with E-state index in [9.17, 15) is 39.6 Å². The van der Waals surface area contributed by atoms with Gasteiger partial charge < -0.3 is 49.2 Å². The zero-order valence-electron chi connectivity index (χ0n) is 21.1. The molecule has 0 spiro atoms.